The van der Waals surface area contributed by atoms with Crippen LogP contribution in [0.2, 0.25) is 0 Å². The van der Waals surface area contributed by atoms with E-state index in [9.17, 15) is 31.5 Å². The van der Waals surface area contributed by atoms with Gasteiger partial charge in [-0.3, -0.25) is 0 Å². The van der Waals surface area contributed by atoms with Crippen molar-refractivity contribution in [2.24, 2.45) is 0 Å². The summed E-state index contributed by atoms with van der Waals surface area (Å²) in [4.78, 5) is 16.3. The molecule has 0 aliphatic carbocycles. The number of ether oxygens (including phenoxy) is 2. The Labute approximate surface area is 193 Å². The highest BCUT2D eigenvalue weighted by molar-refractivity contribution is 7.87. The largest absolute Gasteiger partial charge is 0.534 e. The van der Waals surface area contributed by atoms with E-state index in [1.54, 1.807) is 31.2 Å². The molecule has 1 heterocycles. The van der Waals surface area contributed by atoms with Crippen LogP contribution in [-0.2, 0) is 14.9 Å². The maximum absolute atomic E-state index is 12.8. The fourth-order valence-electron chi connectivity index (χ4n) is 3.20. The van der Waals surface area contributed by atoms with Crippen molar-refractivity contribution < 1.29 is 45.1 Å². The molecule has 1 atom stereocenters. The van der Waals surface area contributed by atoms with E-state index < -0.39 is 33.6 Å². The molecule has 12 heteroatoms. The zero-order valence-corrected chi connectivity index (χ0v) is 19.0. The molecule has 0 fully saturated rings. The first-order valence-corrected chi connectivity index (χ1v) is 11.2. The number of aliphatic hydroxyl groups excluding tert-OH is 1. The number of alkyl halides is 3. The summed E-state index contributed by atoms with van der Waals surface area (Å²) in [6, 6.07) is 9.93. The maximum atomic E-state index is 12.8. The highest BCUT2D eigenvalue weighted by atomic mass is 32.2. The summed E-state index contributed by atoms with van der Waals surface area (Å²) in [6.45, 7) is 3.17. The fourth-order valence-corrected chi connectivity index (χ4v) is 3.60. The third-order valence-electron chi connectivity index (χ3n) is 4.84. The lowest BCUT2D eigenvalue weighted by atomic mass is 9.95. The molecule has 34 heavy (non-hydrogen) atoms. The smallest absolute Gasteiger partial charge is 0.497 e. The Morgan fingerprint density at radius 2 is 1.79 bits per heavy atom. The van der Waals surface area contributed by atoms with Gasteiger partial charge in [-0.15, -0.1) is 0 Å². The van der Waals surface area contributed by atoms with Gasteiger partial charge in [0.1, 0.15) is 11.9 Å². The molecule has 1 unspecified atom stereocenters. The molecule has 0 aliphatic heterocycles. The van der Waals surface area contributed by atoms with E-state index in [2.05, 4.69) is 9.17 Å². The summed E-state index contributed by atoms with van der Waals surface area (Å²) >= 11 is 0. The van der Waals surface area contributed by atoms with Gasteiger partial charge >= 0.3 is 21.6 Å². The van der Waals surface area contributed by atoms with Gasteiger partial charge in [0.25, 0.3) is 0 Å². The lowest BCUT2D eigenvalue weighted by molar-refractivity contribution is -0.0501. The molecular formula is C22H20F3NO7S. The van der Waals surface area contributed by atoms with Crippen molar-refractivity contribution >= 4 is 27.0 Å². The minimum atomic E-state index is -5.97. The van der Waals surface area contributed by atoms with E-state index in [4.69, 9.17) is 9.47 Å². The Balaban J connectivity index is 2.23. The number of carbonyl (C=O) groups excluding carboxylic acids is 1. The Morgan fingerprint density at radius 1 is 1.15 bits per heavy atom. The quantitative estimate of drug-likeness (QED) is 0.295. The zero-order chi connectivity index (χ0) is 25.3. The van der Waals surface area contributed by atoms with Crippen molar-refractivity contribution in [1.82, 2.24) is 4.98 Å². The first-order chi connectivity index (χ1) is 15.9. The molecule has 1 aromatic heterocycles. The van der Waals surface area contributed by atoms with Gasteiger partial charge in [-0.1, -0.05) is 12.1 Å². The number of carbonyl (C=O) groups is 1. The molecule has 0 radical (unpaired) electrons. The molecule has 8 nitrogen and oxygen atoms in total. The Hall–Kier alpha value is -3.38. The number of aryl methyl sites for hydroxylation is 1. The van der Waals surface area contributed by atoms with Crippen LogP contribution in [-0.4, -0.2) is 43.7 Å². The van der Waals surface area contributed by atoms with Crippen LogP contribution in [0.1, 0.15) is 40.1 Å². The number of pyridine rings is 1. The van der Waals surface area contributed by atoms with Crippen LogP contribution in [0.15, 0.2) is 42.5 Å². The second-order valence-electron chi connectivity index (χ2n) is 7.12. The molecule has 0 spiro atoms. The number of rotatable bonds is 7. The van der Waals surface area contributed by atoms with Gasteiger partial charge in [-0.2, -0.15) is 21.6 Å². The number of esters is 1. The van der Waals surface area contributed by atoms with Gasteiger partial charge in [-0.25, -0.2) is 9.78 Å². The van der Waals surface area contributed by atoms with Crippen LogP contribution in [0.25, 0.3) is 10.9 Å². The van der Waals surface area contributed by atoms with Crippen LogP contribution in [0, 0.1) is 6.92 Å². The molecule has 3 rings (SSSR count). The highest BCUT2D eigenvalue weighted by Crippen LogP contribution is 2.34. The monoisotopic (exact) mass is 499 g/mol. The van der Waals surface area contributed by atoms with Crippen LogP contribution in [0.3, 0.4) is 0 Å². The number of methoxy groups -OCH3 is 1. The number of halogens is 3. The zero-order valence-electron chi connectivity index (χ0n) is 18.2. The molecule has 182 valence electrons. The van der Waals surface area contributed by atoms with Crippen LogP contribution in [0.4, 0.5) is 13.2 Å². The molecule has 2 aromatic carbocycles. The third-order valence-corrected chi connectivity index (χ3v) is 5.80. The summed E-state index contributed by atoms with van der Waals surface area (Å²) < 4.78 is 75.6. The molecule has 0 saturated carbocycles. The van der Waals surface area contributed by atoms with Crippen LogP contribution in [0.5, 0.6) is 11.6 Å². The Morgan fingerprint density at radius 3 is 2.35 bits per heavy atom. The Bertz CT molecular complexity index is 1320. The number of nitrogens with zero attached hydrogens (tertiary/aromatic N) is 1. The molecule has 1 N–H and O–H groups in total. The number of benzene rings is 2. The molecule has 0 aliphatic rings. The van der Waals surface area contributed by atoms with Gasteiger partial charge in [0, 0.05) is 17.0 Å². The molecule has 0 amide bonds. The van der Waals surface area contributed by atoms with Crippen LogP contribution >= 0.6 is 0 Å². The third kappa shape index (κ3) is 5.07. The fraction of sp³-hybridized carbons (Fsp3) is 0.273. The summed E-state index contributed by atoms with van der Waals surface area (Å²) in [7, 11) is -4.51. The van der Waals surface area contributed by atoms with Gasteiger partial charge < -0.3 is 18.8 Å². The summed E-state index contributed by atoms with van der Waals surface area (Å²) in [6.07, 6.45) is -1.39. The van der Waals surface area contributed by atoms with Gasteiger partial charge in [0.2, 0.25) is 5.88 Å². The first kappa shape index (κ1) is 25.2. The van der Waals surface area contributed by atoms with E-state index in [1.807, 2.05) is 0 Å². The van der Waals surface area contributed by atoms with E-state index in [-0.39, 0.29) is 34.2 Å². The number of hydrogen-bond donors (Lipinski definition) is 1. The Kier molecular flexibility index (Phi) is 7.03. The number of hydrogen-bond acceptors (Lipinski definition) is 8. The predicted octanol–water partition coefficient (Wildman–Crippen LogP) is 4.04. The normalized spacial score (nSPS) is 12.9. The summed E-state index contributed by atoms with van der Waals surface area (Å²) in [5.41, 5.74) is -4.99. The van der Waals surface area contributed by atoms with Crippen molar-refractivity contribution in [3.63, 3.8) is 0 Å². The minimum absolute atomic E-state index is 0.0312. The average Bonchev–Trinajstić information content (AvgIpc) is 2.77. The highest BCUT2D eigenvalue weighted by Gasteiger charge is 2.49. The van der Waals surface area contributed by atoms with Crippen molar-refractivity contribution in [1.29, 1.82) is 0 Å². The standard InChI is InChI=1S/C22H20F3NO7S/c1-4-32-21(28)14-10-16-12(2)9-18(33-34(29,30)22(23,24)25)26-19(16)17(11-14)20(27)13-5-7-15(31-3)8-6-13/h5-11,20,27H,4H2,1-3H3. The van der Waals surface area contributed by atoms with E-state index in [0.29, 0.717) is 11.3 Å². The number of aliphatic hydroxyl groups is 1. The lowest BCUT2D eigenvalue weighted by Gasteiger charge is -2.18. The first-order valence-electron chi connectivity index (χ1n) is 9.83. The van der Waals surface area contributed by atoms with Gasteiger partial charge in [-0.05, 0) is 49.2 Å². The average molecular weight is 499 g/mol. The second kappa shape index (κ2) is 9.47. The minimum Gasteiger partial charge on any atom is -0.497 e. The van der Waals surface area contributed by atoms with E-state index >= 15 is 0 Å². The maximum Gasteiger partial charge on any atom is 0.534 e. The van der Waals surface area contributed by atoms with E-state index in [0.717, 1.165) is 6.07 Å². The van der Waals surface area contributed by atoms with E-state index in [1.165, 1.54) is 26.2 Å². The SMILES string of the molecule is CCOC(=O)c1cc(C(O)c2ccc(OC)cc2)c2nc(OS(=O)(=O)C(F)(F)F)cc(C)c2c1. The van der Waals surface area contributed by atoms with Gasteiger partial charge in [0.15, 0.2) is 0 Å². The van der Waals surface area contributed by atoms with Crippen molar-refractivity contribution in [3.8, 4) is 11.6 Å². The molecule has 0 saturated heterocycles. The number of fused-ring (bicyclic) bond motifs is 1. The number of aromatic nitrogens is 1. The molecule has 0 bridgehead atoms. The topological polar surface area (TPSA) is 112 Å². The van der Waals surface area contributed by atoms with Crippen molar-refractivity contribution in [3.05, 3.63) is 64.7 Å². The van der Waals surface area contributed by atoms with Crippen LogP contribution < -0.4 is 8.92 Å². The molecule has 3 aromatic rings. The second-order valence-corrected chi connectivity index (χ2v) is 8.66. The predicted molar refractivity (Wildman–Crippen MR) is 115 cm³/mol. The van der Waals surface area contributed by atoms with Crippen molar-refractivity contribution in [2.45, 2.75) is 25.5 Å². The summed E-state index contributed by atoms with van der Waals surface area (Å²) in [5, 5.41) is 11.3. The molecular weight excluding hydrogens is 479 g/mol. The van der Waals surface area contributed by atoms with Crippen molar-refractivity contribution in [2.75, 3.05) is 13.7 Å². The lowest BCUT2D eigenvalue weighted by Crippen LogP contribution is -2.28. The van der Waals surface area contributed by atoms with Gasteiger partial charge in [0.05, 0.1) is 24.8 Å². The summed E-state index contributed by atoms with van der Waals surface area (Å²) in [5.74, 6) is -1.01.